The Kier molecular flexibility index (Phi) is 6.28. The summed E-state index contributed by atoms with van der Waals surface area (Å²) in [6.45, 7) is 0.741. The molecule has 0 unspecified atom stereocenters. The fourth-order valence-electron chi connectivity index (χ4n) is 3.52. The van der Waals surface area contributed by atoms with Crippen molar-refractivity contribution < 1.29 is 23.2 Å². The van der Waals surface area contributed by atoms with Crippen molar-refractivity contribution in [3.63, 3.8) is 0 Å². The number of sulfonamides is 1. The second-order valence-corrected chi connectivity index (χ2v) is 8.59. The normalized spacial score (nSPS) is 15.9. The van der Waals surface area contributed by atoms with Gasteiger partial charge in [-0.05, 0) is 55.0 Å². The van der Waals surface area contributed by atoms with E-state index in [1.54, 1.807) is 12.4 Å². The monoisotopic (exact) mass is 405 g/mol. The molecule has 1 aromatic heterocycles. The number of hydrogen-bond donors (Lipinski definition) is 2. The molecule has 0 spiro atoms. The van der Waals surface area contributed by atoms with E-state index in [0.29, 0.717) is 19.0 Å². The third-order valence-corrected chi connectivity index (χ3v) is 6.94. The van der Waals surface area contributed by atoms with Crippen molar-refractivity contribution in [3.05, 3.63) is 53.9 Å². The van der Waals surface area contributed by atoms with E-state index in [9.17, 15) is 13.2 Å². The Labute approximate surface area is 164 Å². The molecule has 1 saturated heterocycles. The van der Waals surface area contributed by atoms with E-state index < -0.39 is 15.9 Å². The number of hydroxylamine groups is 1. The average Bonchev–Trinajstić information content (AvgIpc) is 2.73. The number of aromatic nitrogens is 1. The van der Waals surface area contributed by atoms with Gasteiger partial charge in [-0.15, -0.1) is 0 Å². The highest BCUT2D eigenvalue weighted by Crippen LogP contribution is 2.31. The van der Waals surface area contributed by atoms with Gasteiger partial charge in [-0.2, -0.15) is 4.31 Å². The van der Waals surface area contributed by atoms with E-state index in [1.165, 1.54) is 40.7 Å². The van der Waals surface area contributed by atoms with Crippen molar-refractivity contribution in [2.24, 2.45) is 5.92 Å². The molecular weight excluding hydrogens is 382 g/mol. The van der Waals surface area contributed by atoms with E-state index in [4.69, 9.17) is 9.94 Å². The molecule has 9 heteroatoms. The lowest BCUT2D eigenvalue weighted by atomic mass is 9.91. The maximum absolute atomic E-state index is 13.2. The highest BCUT2D eigenvalue weighted by molar-refractivity contribution is 7.89. The van der Waals surface area contributed by atoms with Crippen molar-refractivity contribution in [2.45, 2.75) is 24.2 Å². The summed E-state index contributed by atoms with van der Waals surface area (Å²) in [5.41, 5.74) is 2.48. The first-order chi connectivity index (χ1) is 13.5. The van der Waals surface area contributed by atoms with Gasteiger partial charge in [0.1, 0.15) is 11.3 Å². The molecule has 0 atom stereocenters. The second kappa shape index (κ2) is 8.68. The van der Waals surface area contributed by atoms with Crippen molar-refractivity contribution in [1.82, 2.24) is 14.8 Å². The fraction of sp³-hybridized carbons (Fsp3) is 0.368. The Hall–Kier alpha value is -2.49. The fourth-order valence-corrected chi connectivity index (χ4v) is 5.19. The van der Waals surface area contributed by atoms with Crippen molar-refractivity contribution in [1.29, 1.82) is 0 Å². The molecule has 150 valence electrons. The molecule has 3 rings (SSSR count). The number of pyridine rings is 1. The molecule has 1 amide bonds. The summed E-state index contributed by atoms with van der Waals surface area (Å²) in [6.07, 6.45) is 5.85. The number of carbonyl (C=O) groups is 1. The SMILES string of the molecule is COc1cccc(S(=O)(=O)N2CCC(Cc3ccncc3)CC2)c1C(=O)NO. The van der Waals surface area contributed by atoms with Gasteiger partial charge >= 0.3 is 0 Å². The molecule has 1 aliphatic heterocycles. The van der Waals surface area contributed by atoms with Crippen LogP contribution in [0.1, 0.15) is 28.8 Å². The van der Waals surface area contributed by atoms with E-state index in [1.807, 2.05) is 12.1 Å². The van der Waals surface area contributed by atoms with Crippen LogP contribution in [-0.4, -0.2) is 49.0 Å². The van der Waals surface area contributed by atoms with Crippen LogP contribution < -0.4 is 10.2 Å². The van der Waals surface area contributed by atoms with E-state index in [0.717, 1.165) is 19.3 Å². The molecule has 2 heterocycles. The Morgan fingerprint density at radius 3 is 2.54 bits per heavy atom. The first-order valence-electron chi connectivity index (χ1n) is 8.98. The highest BCUT2D eigenvalue weighted by Gasteiger charge is 2.33. The predicted octanol–water partition coefficient (Wildman–Crippen LogP) is 1.85. The van der Waals surface area contributed by atoms with Gasteiger partial charge in [-0.1, -0.05) is 6.07 Å². The van der Waals surface area contributed by atoms with Crippen molar-refractivity contribution >= 4 is 15.9 Å². The van der Waals surface area contributed by atoms with Crippen LogP contribution in [0.15, 0.2) is 47.6 Å². The van der Waals surface area contributed by atoms with Crippen LogP contribution in [0.3, 0.4) is 0 Å². The van der Waals surface area contributed by atoms with Crippen LogP contribution in [0.5, 0.6) is 5.75 Å². The topological polar surface area (TPSA) is 109 Å². The number of ether oxygens (including phenoxy) is 1. The summed E-state index contributed by atoms with van der Waals surface area (Å²) < 4.78 is 32.8. The van der Waals surface area contributed by atoms with Gasteiger partial charge in [0, 0.05) is 25.5 Å². The highest BCUT2D eigenvalue weighted by atomic mass is 32.2. The molecule has 2 N–H and O–H groups in total. The van der Waals surface area contributed by atoms with Gasteiger partial charge in [-0.3, -0.25) is 15.0 Å². The van der Waals surface area contributed by atoms with Gasteiger partial charge in [0.2, 0.25) is 10.0 Å². The van der Waals surface area contributed by atoms with Crippen LogP contribution in [0, 0.1) is 5.92 Å². The predicted molar refractivity (Wildman–Crippen MR) is 102 cm³/mol. The lowest BCUT2D eigenvalue weighted by Crippen LogP contribution is -2.39. The third kappa shape index (κ3) is 4.16. The third-order valence-electron chi connectivity index (χ3n) is 5.00. The number of carbonyl (C=O) groups excluding carboxylic acids is 1. The molecule has 1 fully saturated rings. The first kappa shape index (κ1) is 20.2. The Bertz CT molecular complexity index is 926. The number of nitrogens with zero attached hydrogens (tertiary/aromatic N) is 2. The summed E-state index contributed by atoms with van der Waals surface area (Å²) >= 11 is 0. The first-order valence-corrected chi connectivity index (χ1v) is 10.4. The molecule has 8 nitrogen and oxygen atoms in total. The van der Waals surface area contributed by atoms with Crippen LogP contribution in [-0.2, 0) is 16.4 Å². The van der Waals surface area contributed by atoms with Crippen LogP contribution in [0.4, 0.5) is 0 Å². The summed E-state index contributed by atoms with van der Waals surface area (Å²) in [7, 11) is -2.57. The number of hydrogen-bond acceptors (Lipinski definition) is 6. The number of amides is 1. The number of rotatable bonds is 6. The van der Waals surface area contributed by atoms with Crippen molar-refractivity contribution in [2.75, 3.05) is 20.2 Å². The number of benzene rings is 1. The minimum atomic E-state index is -3.91. The zero-order chi connectivity index (χ0) is 20.1. The van der Waals surface area contributed by atoms with Crippen molar-refractivity contribution in [3.8, 4) is 5.75 Å². The average molecular weight is 405 g/mol. The maximum atomic E-state index is 13.2. The molecule has 28 heavy (non-hydrogen) atoms. The largest absolute Gasteiger partial charge is 0.496 e. The van der Waals surface area contributed by atoms with E-state index >= 15 is 0 Å². The van der Waals surface area contributed by atoms with E-state index in [2.05, 4.69) is 4.98 Å². The maximum Gasteiger partial charge on any atom is 0.279 e. The van der Waals surface area contributed by atoms with Gasteiger partial charge < -0.3 is 4.74 Å². The van der Waals surface area contributed by atoms with Crippen LogP contribution in [0.2, 0.25) is 0 Å². The smallest absolute Gasteiger partial charge is 0.279 e. The minimum Gasteiger partial charge on any atom is -0.496 e. The summed E-state index contributed by atoms with van der Waals surface area (Å²) in [5.74, 6) is -0.455. The molecule has 0 radical (unpaired) electrons. The minimum absolute atomic E-state index is 0.0835. The number of piperidine rings is 1. The zero-order valence-electron chi connectivity index (χ0n) is 15.5. The molecular formula is C19H23N3O5S. The standard InChI is InChI=1S/C19H23N3O5S/c1-27-16-3-2-4-17(18(16)19(23)21-24)28(25,26)22-11-7-15(8-12-22)13-14-5-9-20-10-6-14/h2-6,9-10,15,24H,7-8,11-13H2,1H3,(H,21,23). The lowest BCUT2D eigenvalue weighted by Gasteiger charge is -2.31. The summed E-state index contributed by atoms with van der Waals surface area (Å²) in [5, 5.41) is 9.02. The van der Waals surface area contributed by atoms with Gasteiger partial charge in [0.05, 0.1) is 12.0 Å². The van der Waals surface area contributed by atoms with Gasteiger partial charge in [0.15, 0.2) is 0 Å². The van der Waals surface area contributed by atoms with E-state index in [-0.39, 0.29) is 16.2 Å². The lowest BCUT2D eigenvalue weighted by molar-refractivity contribution is 0.0699. The molecule has 0 bridgehead atoms. The Balaban J connectivity index is 1.79. The second-order valence-electron chi connectivity index (χ2n) is 6.68. The molecule has 0 aliphatic carbocycles. The van der Waals surface area contributed by atoms with Gasteiger partial charge in [-0.25, -0.2) is 13.9 Å². The van der Waals surface area contributed by atoms with Gasteiger partial charge in [0.25, 0.3) is 5.91 Å². The van der Waals surface area contributed by atoms with Crippen LogP contribution in [0.25, 0.3) is 0 Å². The Morgan fingerprint density at radius 2 is 1.93 bits per heavy atom. The Morgan fingerprint density at radius 1 is 1.25 bits per heavy atom. The quantitative estimate of drug-likeness (QED) is 0.561. The molecule has 1 aliphatic rings. The summed E-state index contributed by atoms with van der Waals surface area (Å²) in [6, 6.07) is 8.28. The summed E-state index contributed by atoms with van der Waals surface area (Å²) in [4.78, 5) is 15.9. The molecule has 2 aromatic rings. The molecule has 1 aromatic carbocycles. The molecule has 0 saturated carbocycles. The van der Waals surface area contributed by atoms with Crippen LogP contribution >= 0.6 is 0 Å². The zero-order valence-corrected chi connectivity index (χ0v) is 16.4. The number of methoxy groups -OCH3 is 1. The number of nitrogens with one attached hydrogen (secondary N) is 1.